The van der Waals surface area contributed by atoms with Gasteiger partial charge < -0.3 is 0 Å². The van der Waals surface area contributed by atoms with E-state index in [9.17, 15) is 4.79 Å². The SMILES string of the molecule is C=C1CCC(N=C=O)CC1. The molecule has 0 N–H and O–H groups in total. The third-order valence-electron chi connectivity index (χ3n) is 1.90. The number of carbonyl (C=O) groups excluding carboxylic acids is 1. The summed E-state index contributed by atoms with van der Waals surface area (Å²) < 4.78 is 0. The van der Waals surface area contributed by atoms with E-state index in [-0.39, 0.29) is 6.04 Å². The Morgan fingerprint density at radius 2 is 2.10 bits per heavy atom. The fraction of sp³-hybridized carbons (Fsp3) is 0.625. The minimum absolute atomic E-state index is 0.225. The van der Waals surface area contributed by atoms with Gasteiger partial charge in [0.15, 0.2) is 0 Å². The van der Waals surface area contributed by atoms with Crippen LogP contribution in [0.4, 0.5) is 0 Å². The summed E-state index contributed by atoms with van der Waals surface area (Å²) in [6, 6.07) is 0.225. The number of isocyanates is 1. The van der Waals surface area contributed by atoms with Gasteiger partial charge in [0.05, 0.1) is 6.04 Å². The molecule has 0 aliphatic heterocycles. The maximum absolute atomic E-state index is 9.84. The zero-order valence-electron chi connectivity index (χ0n) is 5.97. The summed E-state index contributed by atoms with van der Waals surface area (Å²) in [5.74, 6) is 0. The highest BCUT2D eigenvalue weighted by Crippen LogP contribution is 2.23. The Labute approximate surface area is 60.7 Å². The predicted molar refractivity (Wildman–Crippen MR) is 39.5 cm³/mol. The van der Waals surface area contributed by atoms with Crippen LogP contribution in [0.25, 0.3) is 0 Å². The lowest BCUT2D eigenvalue weighted by Crippen LogP contribution is -2.10. The van der Waals surface area contributed by atoms with Crippen molar-refractivity contribution in [3.05, 3.63) is 12.2 Å². The van der Waals surface area contributed by atoms with E-state index >= 15 is 0 Å². The van der Waals surface area contributed by atoms with Crippen LogP contribution in [0, 0.1) is 0 Å². The molecule has 0 aromatic heterocycles. The second-order valence-corrected chi connectivity index (χ2v) is 2.70. The summed E-state index contributed by atoms with van der Waals surface area (Å²) in [6.45, 7) is 3.87. The van der Waals surface area contributed by atoms with Gasteiger partial charge in [-0.1, -0.05) is 12.2 Å². The fourth-order valence-corrected chi connectivity index (χ4v) is 1.21. The molecule has 1 fully saturated rings. The van der Waals surface area contributed by atoms with Crippen LogP contribution < -0.4 is 0 Å². The Bertz CT molecular complexity index is 170. The minimum Gasteiger partial charge on any atom is -0.211 e. The zero-order chi connectivity index (χ0) is 7.40. The molecular weight excluding hydrogens is 126 g/mol. The van der Waals surface area contributed by atoms with Crippen LogP contribution in [0.1, 0.15) is 25.7 Å². The molecule has 1 rings (SSSR count). The van der Waals surface area contributed by atoms with Crippen molar-refractivity contribution in [2.45, 2.75) is 31.7 Å². The molecule has 0 bridgehead atoms. The number of hydrogen-bond acceptors (Lipinski definition) is 2. The van der Waals surface area contributed by atoms with Crippen molar-refractivity contribution >= 4 is 6.08 Å². The number of hydrogen-bond donors (Lipinski definition) is 0. The van der Waals surface area contributed by atoms with Crippen molar-refractivity contribution in [1.82, 2.24) is 0 Å². The minimum atomic E-state index is 0.225. The molecule has 0 amide bonds. The van der Waals surface area contributed by atoms with Crippen LogP contribution in [0.2, 0.25) is 0 Å². The van der Waals surface area contributed by atoms with Crippen molar-refractivity contribution in [3.8, 4) is 0 Å². The fourth-order valence-electron chi connectivity index (χ4n) is 1.21. The third-order valence-corrected chi connectivity index (χ3v) is 1.90. The van der Waals surface area contributed by atoms with Gasteiger partial charge in [-0.15, -0.1) is 0 Å². The van der Waals surface area contributed by atoms with E-state index in [4.69, 9.17) is 0 Å². The number of rotatable bonds is 1. The topological polar surface area (TPSA) is 29.4 Å². The van der Waals surface area contributed by atoms with Gasteiger partial charge in [-0.2, -0.15) is 0 Å². The van der Waals surface area contributed by atoms with Gasteiger partial charge in [0, 0.05) is 0 Å². The van der Waals surface area contributed by atoms with Gasteiger partial charge in [0.1, 0.15) is 0 Å². The quantitative estimate of drug-likeness (QED) is 0.308. The first-order valence-corrected chi connectivity index (χ1v) is 3.56. The molecular formula is C8H11NO. The zero-order valence-corrected chi connectivity index (χ0v) is 5.97. The number of nitrogens with zero attached hydrogens (tertiary/aromatic N) is 1. The van der Waals surface area contributed by atoms with Crippen LogP contribution in [0.5, 0.6) is 0 Å². The van der Waals surface area contributed by atoms with E-state index in [1.54, 1.807) is 6.08 Å². The van der Waals surface area contributed by atoms with E-state index in [0.717, 1.165) is 25.7 Å². The van der Waals surface area contributed by atoms with Crippen LogP contribution in [-0.4, -0.2) is 12.1 Å². The highest BCUT2D eigenvalue weighted by Gasteiger charge is 2.13. The van der Waals surface area contributed by atoms with E-state index in [1.807, 2.05) is 0 Å². The summed E-state index contributed by atoms with van der Waals surface area (Å²) in [7, 11) is 0. The van der Waals surface area contributed by atoms with E-state index in [1.165, 1.54) is 5.57 Å². The molecule has 1 aliphatic rings. The maximum Gasteiger partial charge on any atom is 0.235 e. The molecule has 0 aromatic carbocycles. The van der Waals surface area contributed by atoms with E-state index in [0.29, 0.717) is 0 Å². The summed E-state index contributed by atoms with van der Waals surface area (Å²) in [5.41, 5.74) is 1.29. The van der Waals surface area contributed by atoms with Gasteiger partial charge in [0.2, 0.25) is 6.08 Å². The lowest BCUT2D eigenvalue weighted by atomic mass is 9.92. The van der Waals surface area contributed by atoms with Crippen LogP contribution in [0.3, 0.4) is 0 Å². The number of allylic oxidation sites excluding steroid dienone is 1. The number of aliphatic imine (C=N–C) groups is 1. The first-order chi connectivity index (χ1) is 4.83. The van der Waals surface area contributed by atoms with Gasteiger partial charge in [0.25, 0.3) is 0 Å². The summed E-state index contributed by atoms with van der Waals surface area (Å²) in [5, 5.41) is 0. The molecule has 0 aromatic rings. The average molecular weight is 137 g/mol. The third kappa shape index (κ3) is 1.82. The Morgan fingerprint density at radius 3 is 2.60 bits per heavy atom. The second-order valence-electron chi connectivity index (χ2n) is 2.70. The van der Waals surface area contributed by atoms with Gasteiger partial charge in [-0.25, -0.2) is 9.79 Å². The lowest BCUT2D eigenvalue weighted by molar-refractivity contribution is 0.502. The van der Waals surface area contributed by atoms with Crippen LogP contribution in [-0.2, 0) is 4.79 Å². The molecule has 0 heterocycles. The molecule has 10 heavy (non-hydrogen) atoms. The largest absolute Gasteiger partial charge is 0.235 e. The summed E-state index contributed by atoms with van der Waals surface area (Å²) in [4.78, 5) is 13.5. The molecule has 0 spiro atoms. The first-order valence-electron chi connectivity index (χ1n) is 3.56. The first kappa shape index (κ1) is 7.23. The Morgan fingerprint density at radius 1 is 1.50 bits per heavy atom. The van der Waals surface area contributed by atoms with Crippen molar-refractivity contribution in [2.75, 3.05) is 0 Å². The normalized spacial score (nSPS) is 20.2. The molecule has 0 unspecified atom stereocenters. The predicted octanol–water partition coefficient (Wildman–Crippen LogP) is 1.82. The molecule has 0 atom stereocenters. The summed E-state index contributed by atoms with van der Waals surface area (Å²) in [6.07, 6.45) is 5.61. The Balaban J connectivity index is 2.39. The van der Waals surface area contributed by atoms with Gasteiger partial charge in [-0.05, 0) is 25.7 Å². The van der Waals surface area contributed by atoms with Crippen molar-refractivity contribution < 1.29 is 4.79 Å². The second kappa shape index (κ2) is 3.33. The molecule has 1 aliphatic carbocycles. The maximum atomic E-state index is 9.84. The van der Waals surface area contributed by atoms with Gasteiger partial charge in [-0.3, -0.25) is 0 Å². The molecule has 0 saturated heterocycles. The smallest absolute Gasteiger partial charge is 0.211 e. The Kier molecular flexibility index (Phi) is 2.41. The molecule has 0 radical (unpaired) electrons. The summed E-state index contributed by atoms with van der Waals surface area (Å²) >= 11 is 0. The molecule has 54 valence electrons. The Hall–Kier alpha value is -0.880. The van der Waals surface area contributed by atoms with Crippen molar-refractivity contribution in [3.63, 3.8) is 0 Å². The molecule has 2 nitrogen and oxygen atoms in total. The van der Waals surface area contributed by atoms with E-state index in [2.05, 4.69) is 11.6 Å². The molecule has 2 heteroatoms. The average Bonchev–Trinajstić information content (AvgIpc) is 1.95. The monoisotopic (exact) mass is 137 g/mol. The van der Waals surface area contributed by atoms with Crippen molar-refractivity contribution in [2.24, 2.45) is 4.99 Å². The van der Waals surface area contributed by atoms with Crippen LogP contribution in [0.15, 0.2) is 17.1 Å². The van der Waals surface area contributed by atoms with E-state index < -0.39 is 0 Å². The highest BCUT2D eigenvalue weighted by atomic mass is 16.1. The lowest BCUT2D eigenvalue weighted by Gasteiger charge is -2.17. The highest BCUT2D eigenvalue weighted by molar-refractivity contribution is 5.33. The van der Waals surface area contributed by atoms with Gasteiger partial charge >= 0.3 is 0 Å². The van der Waals surface area contributed by atoms with Crippen LogP contribution >= 0.6 is 0 Å². The van der Waals surface area contributed by atoms with Crippen molar-refractivity contribution in [1.29, 1.82) is 0 Å². The molecule has 1 saturated carbocycles. The standard InChI is InChI=1S/C8H11NO/c1-7-2-4-8(5-3-7)9-6-10/h8H,1-5H2.